The van der Waals surface area contributed by atoms with E-state index in [-0.39, 0.29) is 5.02 Å². The lowest BCUT2D eigenvalue weighted by Gasteiger charge is -1.99. The first kappa shape index (κ1) is 10.5. The number of imidazole rings is 1. The summed E-state index contributed by atoms with van der Waals surface area (Å²) in [6.45, 7) is 0. The predicted molar refractivity (Wildman–Crippen MR) is 61.7 cm³/mol. The van der Waals surface area contributed by atoms with Gasteiger partial charge in [0.2, 0.25) is 0 Å². The molecule has 2 aromatic rings. The van der Waals surface area contributed by atoms with Crippen molar-refractivity contribution in [3.05, 3.63) is 41.1 Å². The maximum atomic E-state index is 12.9. The van der Waals surface area contributed by atoms with Crippen molar-refractivity contribution in [3.8, 4) is 11.3 Å². The van der Waals surface area contributed by atoms with Crippen LogP contribution >= 0.6 is 24.2 Å². The van der Waals surface area contributed by atoms with Crippen LogP contribution in [0, 0.1) is 5.82 Å². The second-order valence-electron chi connectivity index (χ2n) is 3.03. The van der Waals surface area contributed by atoms with Crippen molar-refractivity contribution in [3.63, 3.8) is 0 Å². The number of halogens is 2. The Morgan fingerprint density at radius 3 is 2.87 bits per heavy atom. The third kappa shape index (κ3) is 2.16. The number of benzene rings is 1. The van der Waals surface area contributed by atoms with Crippen LogP contribution in [0.25, 0.3) is 11.3 Å². The van der Waals surface area contributed by atoms with Crippen LogP contribution < -0.4 is 0 Å². The van der Waals surface area contributed by atoms with E-state index < -0.39 is 5.82 Å². The standard InChI is InChI=1S/C10H8ClFN2S/c11-7-3-6(1-2-8(7)12)9-4-13-10(5-15)14-9/h1-4,15H,5H2,(H,13,14). The summed E-state index contributed by atoms with van der Waals surface area (Å²) in [5.74, 6) is 0.887. The highest BCUT2D eigenvalue weighted by Gasteiger charge is 2.05. The normalized spacial score (nSPS) is 10.6. The van der Waals surface area contributed by atoms with E-state index in [4.69, 9.17) is 11.6 Å². The summed E-state index contributed by atoms with van der Waals surface area (Å²) < 4.78 is 12.9. The Kier molecular flexibility index (Phi) is 2.98. The second-order valence-corrected chi connectivity index (χ2v) is 3.75. The monoisotopic (exact) mass is 242 g/mol. The first-order valence-corrected chi connectivity index (χ1v) is 5.32. The molecule has 1 aromatic carbocycles. The van der Waals surface area contributed by atoms with Crippen molar-refractivity contribution >= 4 is 24.2 Å². The van der Waals surface area contributed by atoms with E-state index in [1.807, 2.05) is 0 Å². The van der Waals surface area contributed by atoms with Gasteiger partial charge < -0.3 is 4.98 Å². The molecule has 15 heavy (non-hydrogen) atoms. The number of hydrogen-bond acceptors (Lipinski definition) is 2. The molecule has 0 aliphatic rings. The van der Waals surface area contributed by atoms with Gasteiger partial charge in [0.15, 0.2) is 0 Å². The van der Waals surface area contributed by atoms with Crippen LogP contribution in [0.4, 0.5) is 4.39 Å². The van der Waals surface area contributed by atoms with Crippen LogP contribution in [-0.2, 0) is 5.75 Å². The van der Waals surface area contributed by atoms with Crippen LogP contribution in [-0.4, -0.2) is 9.97 Å². The SMILES string of the molecule is Fc1ccc(-c2cnc(CS)[nH]2)cc1Cl. The van der Waals surface area contributed by atoms with Gasteiger partial charge in [-0.1, -0.05) is 11.6 Å². The van der Waals surface area contributed by atoms with Crippen molar-refractivity contribution in [2.45, 2.75) is 5.75 Å². The van der Waals surface area contributed by atoms with Gasteiger partial charge in [0.1, 0.15) is 11.6 Å². The average molecular weight is 243 g/mol. The van der Waals surface area contributed by atoms with Crippen molar-refractivity contribution in [1.82, 2.24) is 9.97 Å². The molecule has 0 saturated carbocycles. The number of rotatable bonds is 2. The zero-order valence-electron chi connectivity index (χ0n) is 7.67. The average Bonchev–Trinajstić information content (AvgIpc) is 2.70. The molecule has 2 rings (SSSR count). The van der Waals surface area contributed by atoms with Crippen molar-refractivity contribution in [2.75, 3.05) is 0 Å². The third-order valence-corrected chi connectivity index (χ3v) is 2.60. The number of H-pyrrole nitrogens is 1. The number of thiol groups is 1. The molecule has 0 aliphatic heterocycles. The van der Waals surface area contributed by atoms with Crippen LogP contribution in [0.1, 0.15) is 5.82 Å². The van der Waals surface area contributed by atoms with E-state index in [1.54, 1.807) is 18.3 Å². The molecule has 78 valence electrons. The Morgan fingerprint density at radius 1 is 1.47 bits per heavy atom. The smallest absolute Gasteiger partial charge is 0.141 e. The Morgan fingerprint density at radius 2 is 2.27 bits per heavy atom. The second kappa shape index (κ2) is 4.24. The lowest BCUT2D eigenvalue weighted by molar-refractivity contribution is 0.628. The zero-order chi connectivity index (χ0) is 10.8. The molecule has 5 heteroatoms. The van der Waals surface area contributed by atoms with Crippen LogP contribution in [0.15, 0.2) is 24.4 Å². The lowest BCUT2D eigenvalue weighted by Crippen LogP contribution is -1.82. The molecule has 0 aliphatic carbocycles. The van der Waals surface area contributed by atoms with Gasteiger partial charge in [-0.25, -0.2) is 9.37 Å². The Balaban J connectivity index is 2.40. The number of aromatic amines is 1. The minimum atomic E-state index is -0.422. The summed E-state index contributed by atoms with van der Waals surface area (Å²) in [4.78, 5) is 7.15. The summed E-state index contributed by atoms with van der Waals surface area (Å²) >= 11 is 9.77. The third-order valence-electron chi connectivity index (χ3n) is 2.01. The van der Waals surface area contributed by atoms with Crippen molar-refractivity contribution < 1.29 is 4.39 Å². The highest BCUT2D eigenvalue weighted by Crippen LogP contribution is 2.23. The van der Waals surface area contributed by atoms with Gasteiger partial charge >= 0.3 is 0 Å². The minimum absolute atomic E-state index is 0.106. The molecule has 2 nitrogen and oxygen atoms in total. The first-order valence-electron chi connectivity index (χ1n) is 4.31. The van der Waals surface area contributed by atoms with Crippen molar-refractivity contribution in [1.29, 1.82) is 0 Å². The Labute approximate surface area is 96.9 Å². The molecule has 0 bridgehead atoms. The quantitative estimate of drug-likeness (QED) is 0.778. The highest BCUT2D eigenvalue weighted by atomic mass is 35.5. The molecule has 1 heterocycles. The van der Waals surface area contributed by atoms with Gasteiger partial charge in [0.25, 0.3) is 0 Å². The Hall–Kier alpha value is -1.00. The summed E-state index contributed by atoms with van der Waals surface area (Å²) in [7, 11) is 0. The fourth-order valence-electron chi connectivity index (χ4n) is 1.25. The molecule has 0 amide bonds. The van der Waals surface area contributed by atoms with Gasteiger partial charge in [-0.15, -0.1) is 0 Å². The zero-order valence-corrected chi connectivity index (χ0v) is 9.32. The largest absolute Gasteiger partial charge is 0.341 e. The molecule has 0 saturated heterocycles. The van der Waals surface area contributed by atoms with Crippen LogP contribution in [0.5, 0.6) is 0 Å². The molecular formula is C10H8ClFN2S. The van der Waals surface area contributed by atoms with E-state index in [2.05, 4.69) is 22.6 Å². The topological polar surface area (TPSA) is 28.7 Å². The fourth-order valence-corrected chi connectivity index (χ4v) is 1.59. The summed E-state index contributed by atoms with van der Waals surface area (Å²) in [6.07, 6.45) is 1.68. The maximum Gasteiger partial charge on any atom is 0.141 e. The van der Waals surface area contributed by atoms with Gasteiger partial charge in [-0.2, -0.15) is 12.6 Å². The Bertz CT molecular complexity index is 484. The van der Waals surface area contributed by atoms with Gasteiger partial charge in [-0.3, -0.25) is 0 Å². The molecular weight excluding hydrogens is 235 g/mol. The first-order chi connectivity index (χ1) is 7.20. The minimum Gasteiger partial charge on any atom is -0.341 e. The molecule has 0 spiro atoms. The summed E-state index contributed by atoms with van der Waals surface area (Å²) in [6, 6.07) is 4.54. The van der Waals surface area contributed by atoms with Crippen LogP contribution in [0.3, 0.4) is 0 Å². The van der Waals surface area contributed by atoms with Crippen LogP contribution in [0.2, 0.25) is 5.02 Å². The molecule has 0 atom stereocenters. The number of aromatic nitrogens is 2. The molecule has 0 unspecified atom stereocenters. The molecule has 1 aromatic heterocycles. The number of hydrogen-bond donors (Lipinski definition) is 2. The van der Waals surface area contributed by atoms with E-state index in [1.165, 1.54) is 6.07 Å². The molecule has 1 N–H and O–H groups in total. The number of nitrogens with one attached hydrogen (secondary N) is 1. The van der Waals surface area contributed by atoms with Gasteiger partial charge in [0, 0.05) is 11.3 Å². The van der Waals surface area contributed by atoms with Crippen molar-refractivity contribution in [2.24, 2.45) is 0 Å². The van der Waals surface area contributed by atoms with E-state index in [0.717, 1.165) is 17.1 Å². The molecule has 0 radical (unpaired) electrons. The summed E-state index contributed by atoms with van der Waals surface area (Å²) in [5.41, 5.74) is 1.61. The van der Waals surface area contributed by atoms with E-state index >= 15 is 0 Å². The highest BCUT2D eigenvalue weighted by molar-refractivity contribution is 7.79. The number of nitrogens with zero attached hydrogens (tertiary/aromatic N) is 1. The summed E-state index contributed by atoms with van der Waals surface area (Å²) in [5, 5.41) is 0.106. The van der Waals surface area contributed by atoms with E-state index in [9.17, 15) is 4.39 Å². The lowest BCUT2D eigenvalue weighted by atomic mass is 10.2. The van der Waals surface area contributed by atoms with Gasteiger partial charge in [0.05, 0.1) is 16.9 Å². The van der Waals surface area contributed by atoms with E-state index in [0.29, 0.717) is 5.75 Å². The molecule has 0 fully saturated rings. The predicted octanol–water partition coefficient (Wildman–Crippen LogP) is 3.30. The fraction of sp³-hybridized carbons (Fsp3) is 0.100. The maximum absolute atomic E-state index is 12.9. The van der Waals surface area contributed by atoms with Gasteiger partial charge in [-0.05, 0) is 18.2 Å².